The molecule has 0 fully saturated rings. The van der Waals surface area contributed by atoms with E-state index in [2.05, 4.69) is 20.5 Å². The third-order valence-corrected chi connectivity index (χ3v) is 4.91. The summed E-state index contributed by atoms with van der Waals surface area (Å²) in [7, 11) is 1.65. The molecule has 3 aromatic rings. The van der Waals surface area contributed by atoms with E-state index in [1.165, 1.54) is 0 Å². The Morgan fingerprint density at radius 1 is 1.22 bits per heavy atom. The van der Waals surface area contributed by atoms with E-state index in [9.17, 15) is 4.79 Å². The lowest BCUT2D eigenvalue weighted by Crippen LogP contribution is -2.23. The standard InChI is InChI=1S/C19H22N4O3S/c1-13-12-27-19(21-13)11-20-16(24)7-9-18-23-22-17(26-18)8-6-14-4-3-5-15(10-14)25-2/h3-5,10,12H,6-9,11H2,1-2H3,(H,20,24). The molecule has 2 aromatic heterocycles. The number of hydrogen-bond donors (Lipinski definition) is 1. The largest absolute Gasteiger partial charge is 0.497 e. The predicted octanol–water partition coefficient (Wildman–Crippen LogP) is 2.88. The predicted molar refractivity (Wildman–Crippen MR) is 102 cm³/mol. The van der Waals surface area contributed by atoms with Crippen LogP contribution in [0, 0.1) is 6.92 Å². The van der Waals surface area contributed by atoms with Crippen molar-refractivity contribution in [3.8, 4) is 5.75 Å². The lowest BCUT2D eigenvalue weighted by Gasteiger charge is -2.02. The molecule has 0 bridgehead atoms. The SMILES string of the molecule is COc1cccc(CCc2nnc(CCC(=O)NCc3nc(C)cs3)o2)c1. The van der Waals surface area contributed by atoms with Gasteiger partial charge in [0.15, 0.2) is 0 Å². The number of aryl methyl sites for hydroxylation is 4. The average Bonchev–Trinajstić information content (AvgIpc) is 3.32. The van der Waals surface area contributed by atoms with Crippen molar-refractivity contribution in [2.75, 3.05) is 7.11 Å². The number of hydrogen-bond acceptors (Lipinski definition) is 7. The minimum atomic E-state index is -0.0565. The number of aromatic nitrogens is 3. The molecule has 0 atom stereocenters. The quantitative estimate of drug-likeness (QED) is 0.608. The van der Waals surface area contributed by atoms with E-state index in [0.717, 1.165) is 28.4 Å². The van der Waals surface area contributed by atoms with E-state index in [4.69, 9.17) is 9.15 Å². The van der Waals surface area contributed by atoms with E-state index in [0.29, 0.717) is 37.6 Å². The molecule has 1 amide bonds. The Balaban J connectivity index is 1.41. The van der Waals surface area contributed by atoms with Gasteiger partial charge in [0, 0.05) is 30.3 Å². The van der Waals surface area contributed by atoms with E-state index >= 15 is 0 Å². The molecule has 142 valence electrons. The maximum atomic E-state index is 11.9. The number of amides is 1. The van der Waals surface area contributed by atoms with E-state index in [-0.39, 0.29) is 5.91 Å². The van der Waals surface area contributed by atoms with Crippen LogP contribution in [0.25, 0.3) is 0 Å². The Kier molecular flexibility index (Phi) is 6.54. The lowest BCUT2D eigenvalue weighted by molar-refractivity contribution is -0.121. The van der Waals surface area contributed by atoms with Crippen molar-refractivity contribution < 1.29 is 13.9 Å². The molecule has 1 aromatic carbocycles. The zero-order valence-corrected chi connectivity index (χ0v) is 16.2. The highest BCUT2D eigenvalue weighted by Gasteiger charge is 2.10. The van der Waals surface area contributed by atoms with Crippen LogP contribution in [0.4, 0.5) is 0 Å². The summed E-state index contributed by atoms with van der Waals surface area (Å²) in [6.07, 6.45) is 2.17. The van der Waals surface area contributed by atoms with Gasteiger partial charge in [-0.15, -0.1) is 21.5 Å². The molecule has 0 saturated carbocycles. The first-order chi connectivity index (χ1) is 13.1. The Morgan fingerprint density at radius 3 is 2.78 bits per heavy atom. The van der Waals surface area contributed by atoms with Crippen LogP contribution >= 0.6 is 11.3 Å². The normalized spacial score (nSPS) is 10.7. The molecule has 0 spiro atoms. The minimum absolute atomic E-state index is 0.0565. The van der Waals surface area contributed by atoms with Crippen molar-refractivity contribution in [2.24, 2.45) is 0 Å². The second-order valence-electron chi connectivity index (χ2n) is 6.10. The van der Waals surface area contributed by atoms with Gasteiger partial charge < -0.3 is 14.5 Å². The number of rotatable bonds is 9. The highest BCUT2D eigenvalue weighted by Crippen LogP contribution is 2.15. The molecule has 27 heavy (non-hydrogen) atoms. The molecule has 8 heteroatoms. The van der Waals surface area contributed by atoms with Crippen molar-refractivity contribution in [1.29, 1.82) is 0 Å². The van der Waals surface area contributed by atoms with Crippen LogP contribution in [-0.2, 0) is 30.6 Å². The summed E-state index contributed by atoms with van der Waals surface area (Å²) in [6.45, 7) is 2.39. The number of ether oxygens (including phenoxy) is 1. The summed E-state index contributed by atoms with van der Waals surface area (Å²) in [5.41, 5.74) is 2.11. The highest BCUT2D eigenvalue weighted by molar-refractivity contribution is 7.09. The summed E-state index contributed by atoms with van der Waals surface area (Å²) in [4.78, 5) is 16.3. The Labute approximate surface area is 161 Å². The van der Waals surface area contributed by atoms with Gasteiger partial charge in [-0.3, -0.25) is 4.79 Å². The number of carbonyl (C=O) groups excluding carboxylic acids is 1. The Hall–Kier alpha value is -2.74. The second-order valence-corrected chi connectivity index (χ2v) is 7.04. The summed E-state index contributed by atoms with van der Waals surface area (Å²) < 4.78 is 10.9. The van der Waals surface area contributed by atoms with Crippen LogP contribution < -0.4 is 10.1 Å². The van der Waals surface area contributed by atoms with Crippen LogP contribution in [0.2, 0.25) is 0 Å². The molecule has 0 radical (unpaired) electrons. The Bertz CT molecular complexity index is 890. The number of methoxy groups -OCH3 is 1. The first-order valence-corrected chi connectivity index (χ1v) is 9.62. The number of nitrogens with zero attached hydrogens (tertiary/aromatic N) is 3. The van der Waals surface area contributed by atoms with Gasteiger partial charge in [-0.1, -0.05) is 12.1 Å². The average molecular weight is 386 g/mol. The van der Waals surface area contributed by atoms with E-state index < -0.39 is 0 Å². The molecule has 3 rings (SSSR count). The molecular formula is C19H22N4O3S. The van der Waals surface area contributed by atoms with Gasteiger partial charge >= 0.3 is 0 Å². The van der Waals surface area contributed by atoms with Gasteiger partial charge in [0.1, 0.15) is 10.8 Å². The van der Waals surface area contributed by atoms with Crippen LogP contribution in [0.5, 0.6) is 5.75 Å². The number of carbonyl (C=O) groups is 1. The number of benzene rings is 1. The molecular weight excluding hydrogens is 364 g/mol. The first-order valence-electron chi connectivity index (χ1n) is 8.74. The first kappa shape index (κ1) is 19.0. The van der Waals surface area contributed by atoms with Crippen LogP contribution in [-0.4, -0.2) is 28.2 Å². The minimum Gasteiger partial charge on any atom is -0.497 e. The van der Waals surface area contributed by atoms with Crippen LogP contribution in [0.15, 0.2) is 34.1 Å². The smallest absolute Gasteiger partial charge is 0.220 e. The molecule has 0 unspecified atom stereocenters. The molecule has 0 aliphatic rings. The molecule has 1 N–H and O–H groups in total. The van der Waals surface area contributed by atoms with Crippen molar-refractivity contribution in [3.05, 3.63) is 57.7 Å². The topological polar surface area (TPSA) is 90.1 Å². The summed E-state index contributed by atoms with van der Waals surface area (Å²) in [6, 6.07) is 7.90. The van der Waals surface area contributed by atoms with Crippen molar-refractivity contribution in [2.45, 2.75) is 39.2 Å². The molecule has 0 aliphatic heterocycles. The fraction of sp³-hybridized carbons (Fsp3) is 0.368. The zero-order chi connectivity index (χ0) is 19.1. The molecule has 7 nitrogen and oxygen atoms in total. The lowest BCUT2D eigenvalue weighted by atomic mass is 10.1. The van der Waals surface area contributed by atoms with Crippen LogP contribution in [0.1, 0.15) is 34.5 Å². The maximum absolute atomic E-state index is 11.9. The van der Waals surface area contributed by atoms with Gasteiger partial charge in [0.25, 0.3) is 0 Å². The van der Waals surface area contributed by atoms with Crippen molar-refractivity contribution in [1.82, 2.24) is 20.5 Å². The van der Waals surface area contributed by atoms with E-state index in [1.807, 2.05) is 36.6 Å². The number of nitrogens with one attached hydrogen (secondary N) is 1. The van der Waals surface area contributed by atoms with Crippen LogP contribution in [0.3, 0.4) is 0 Å². The molecule has 2 heterocycles. The monoisotopic (exact) mass is 386 g/mol. The van der Waals surface area contributed by atoms with Gasteiger partial charge in [0.05, 0.1) is 13.7 Å². The zero-order valence-electron chi connectivity index (χ0n) is 15.4. The summed E-state index contributed by atoms with van der Waals surface area (Å²) >= 11 is 1.54. The third-order valence-electron chi connectivity index (χ3n) is 3.94. The van der Waals surface area contributed by atoms with Crippen molar-refractivity contribution >= 4 is 17.2 Å². The molecule has 0 saturated heterocycles. The number of thiazole rings is 1. The maximum Gasteiger partial charge on any atom is 0.220 e. The third kappa shape index (κ3) is 5.89. The molecule has 0 aliphatic carbocycles. The fourth-order valence-electron chi connectivity index (χ4n) is 2.54. The second kappa shape index (κ2) is 9.27. The Morgan fingerprint density at radius 2 is 2.04 bits per heavy atom. The van der Waals surface area contributed by atoms with E-state index in [1.54, 1.807) is 18.4 Å². The van der Waals surface area contributed by atoms with Gasteiger partial charge in [-0.05, 0) is 31.0 Å². The summed E-state index contributed by atoms with van der Waals surface area (Å²) in [5.74, 6) is 1.83. The van der Waals surface area contributed by atoms with Gasteiger partial charge in [-0.25, -0.2) is 4.98 Å². The highest BCUT2D eigenvalue weighted by atomic mass is 32.1. The van der Waals surface area contributed by atoms with Gasteiger partial charge in [-0.2, -0.15) is 0 Å². The van der Waals surface area contributed by atoms with Gasteiger partial charge in [0.2, 0.25) is 17.7 Å². The summed E-state index contributed by atoms with van der Waals surface area (Å²) in [5, 5.41) is 13.8. The fourth-order valence-corrected chi connectivity index (χ4v) is 3.25. The van der Waals surface area contributed by atoms with Crippen molar-refractivity contribution in [3.63, 3.8) is 0 Å².